The molecule has 1 aliphatic carbocycles. The molecular weight excluding hydrogens is 480 g/mol. The van der Waals surface area contributed by atoms with E-state index in [0.29, 0.717) is 31.9 Å². The van der Waals surface area contributed by atoms with Gasteiger partial charge in [-0.1, -0.05) is 77.4 Å². The van der Waals surface area contributed by atoms with E-state index in [4.69, 9.17) is 25.7 Å². The number of ether oxygens (including phenoxy) is 2. The first-order valence-electron chi connectivity index (χ1n) is 14.0. The molecule has 0 spiro atoms. The third-order valence-electron chi connectivity index (χ3n) is 5.97. The van der Waals surface area contributed by atoms with E-state index in [2.05, 4.69) is 27.0 Å². The average Bonchev–Trinajstić information content (AvgIpc) is 2.91. The van der Waals surface area contributed by atoms with Crippen molar-refractivity contribution in [3.8, 4) is 0 Å². The summed E-state index contributed by atoms with van der Waals surface area (Å²) in [6.45, 7) is 16.6. The SMILES string of the molecule is C=C(C)C.C=C(C=O)CO.CCCC1CCC(CC(COC)COC=O)CC1.CCCCC/C(C=N)=C/N. The lowest BCUT2D eigenvalue weighted by Crippen LogP contribution is -2.22. The Hall–Kier alpha value is -2.25. The molecule has 1 rings (SSSR count). The fourth-order valence-electron chi connectivity index (χ4n) is 4.05. The van der Waals surface area contributed by atoms with Crippen molar-refractivity contribution in [1.82, 2.24) is 0 Å². The van der Waals surface area contributed by atoms with Crippen LogP contribution in [-0.2, 0) is 19.1 Å². The normalized spacial score (nSPS) is 17.1. The molecule has 4 N–H and O–H groups in total. The number of nitrogens with one attached hydrogen (secondary N) is 1. The van der Waals surface area contributed by atoms with E-state index in [0.717, 1.165) is 36.7 Å². The van der Waals surface area contributed by atoms with Crippen LogP contribution >= 0.6 is 0 Å². The highest BCUT2D eigenvalue weighted by atomic mass is 16.5. The van der Waals surface area contributed by atoms with Crippen LogP contribution < -0.4 is 5.73 Å². The Labute approximate surface area is 233 Å². The molecule has 0 aromatic carbocycles. The van der Waals surface area contributed by atoms with E-state index >= 15 is 0 Å². The molecule has 7 heteroatoms. The second-order valence-corrected chi connectivity index (χ2v) is 10.1. The molecule has 38 heavy (non-hydrogen) atoms. The maximum atomic E-state index is 10.3. The molecule has 1 aliphatic rings. The zero-order valence-corrected chi connectivity index (χ0v) is 25.0. The summed E-state index contributed by atoms with van der Waals surface area (Å²) >= 11 is 0. The van der Waals surface area contributed by atoms with E-state index in [1.165, 1.54) is 69.4 Å². The summed E-state index contributed by atoms with van der Waals surface area (Å²) in [7, 11) is 1.71. The predicted molar refractivity (Wildman–Crippen MR) is 160 cm³/mol. The molecule has 1 unspecified atom stereocenters. The van der Waals surface area contributed by atoms with Gasteiger partial charge in [-0.25, -0.2) is 0 Å². The third-order valence-corrected chi connectivity index (χ3v) is 5.97. The Morgan fingerprint density at radius 1 is 1.05 bits per heavy atom. The Balaban J connectivity index is -0.000000513. The molecule has 0 heterocycles. The monoisotopic (exact) mass is 538 g/mol. The predicted octanol–water partition coefficient (Wildman–Crippen LogP) is 6.79. The van der Waals surface area contributed by atoms with Crippen LogP contribution in [0.2, 0.25) is 0 Å². The van der Waals surface area contributed by atoms with Crippen molar-refractivity contribution in [1.29, 1.82) is 5.41 Å². The minimum Gasteiger partial charge on any atom is -0.468 e. The van der Waals surface area contributed by atoms with Crippen molar-refractivity contribution >= 4 is 19.0 Å². The number of hydrogen-bond acceptors (Lipinski definition) is 7. The number of aldehydes is 1. The van der Waals surface area contributed by atoms with Gasteiger partial charge >= 0.3 is 0 Å². The van der Waals surface area contributed by atoms with Crippen molar-refractivity contribution in [3.05, 3.63) is 36.1 Å². The lowest BCUT2D eigenvalue weighted by Gasteiger charge is -2.30. The number of allylic oxidation sites excluding steroid dienone is 2. The van der Waals surface area contributed by atoms with E-state index in [-0.39, 0.29) is 12.2 Å². The van der Waals surface area contributed by atoms with Gasteiger partial charge in [0, 0.05) is 24.8 Å². The molecular formula is C31H58N2O5. The molecule has 0 aliphatic heterocycles. The van der Waals surface area contributed by atoms with Gasteiger partial charge in [0.1, 0.15) is 6.29 Å². The number of nitrogens with two attached hydrogens (primary N) is 1. The Morgan fingerprint density at radius 2 is 1.63 bits per heavy atom. The van der Waals surface area contributed by atoms with Crippen LogP contribution in [0.15, 0.2) is 36.1 Å². The topological polar surface area (TPSA) is 123 Å². The van der Waals surface area contributed by atoms with Crippen molar-refractivity contribution in [3.63, 3.8) is 0 Å². The largest absolute Gasteiger partial charge is 0.468 e. The highest BCUT2D eigenvalue weighted by molar-refractivity contribution is 5.75. The molecule has 0 saturated heterocycles. The van der Waals surface area contributed by atoms with Gasteiger partial charge in [-0.15, -0.1) is 6.58 Å². The van der Waals surface area contributed by atoms with E-state index in [1.54, 1.807) is 7.11 Å². The quantitative estimate of drug-likeness (QED) is 0.0653. The van der Waals surface area contributed by atoms with Crippen molar-refractivity contribution in [2.24, 2.45) is 23.5 Å². The molecule has 0 aromatic rings. The second-order valence-electron chi connectivity index (χ2n) is 10.1. The van der Waals surface area contributed by atoms with Gasteiger partial charge in [0.2, 0.25) is 0 Å². The highest BCUT2D eigenvalue weighted by Gasteiger charge is 2.23. The molecule has 0 radical (unpaired) electrons. The smallest absolute Gasteiger partial charge is 0.293 e. The Kier molecular flexibility index (Phi) is 32.8. The van der Waals surface area contributed by atoms with Crippen molar-refractivity contribution in [2.45, 2.75) is 98.3 Å². The van der Waals surface area contributed by atoms with E-state index < -0.39 is 0 Å². The van der Waals surface area contributed by atoms with Crippen molar-refractivity contribution in [2.75, 3.05) is 26.9 Å². The maximum Gasteiger partial charge on any atom is 0.293 e. The van der Waals surface area contributed by atoms with Crippen LogP contribution in [0.4, 0.5) is 0 Å². The molecule has 0 aromatic heterocycles. The number of carbonyl (C=O) groups excluding carboxylic acids is 2. The van der Waals surface area contributed by atoms with Gasteiger partial charge < -0.3 is 25.7 Å². The Morgan fingerprint density at radius 3 is 2.00 bits per heavy atom. The van der Waals surface area contributed by atoms with Gasteiger partial charge in [0.25, 0.3) is 6.47 Å². The van der Waals surface area contributed by atoms with Gasteiger partial charge in [-0.2, -0.15) is 0 Å². The number of aliphatic hydroxyl groups excluding tert-OH is 1. The number of aliphatic hydroxyl groups is 1. The van der Waals surface area contributed by atoms with Gasteiger partial charge in [0.05, 0.1) is 19.8 Å². The van der Waals surface area contributed by atoms with Gasteiger partial charge in [-0.3, -0.25) is 9.59 Å². The number of rotatable bonds is 16. The van der Waals surface area contributed by atoms with Crippen LogP contribution in [0, 0.1) is 23.2 Å². The third kappa shape index (κ3) is 30.0. The fraction of sp³-hybridized carbons (Fsp3) is 0.710. The molecule has 0 amide bonds. The average molecular weight is 539 g/mol. The van der Waals surface area contributed by atoms with Crippen LogP contribution in [0.25, 0.3) is 0 Å². The fourth-order valence-corrected chi connectivity index (χ4v) is 4.05. The summed E-state index contributed by atoms with van der Waals surface area (Å²) < 4.78 is 10.1. The number of unbranched alkanes of at least 4 members (excludes halogenated alkanes) is 2. The summed E-state index contributed by atoms with van der Waals surface area (Å²) in [5, 5.41) is 14.9. The first-order chi connectivity index (χ1) is 18.2. The first-order valence-corrected chi connectivity index (χ1v) is 14.0. The highest BCUT2D eigenvalue weighted by Crippen LogP contribution is 2.34. The number of carbonyl (C=O) groups is 2. The standard InChI is InChI=1S/C15H28O3.C8H16N2.C4H6O2.C4H8/c1-3-4-13-5-7-14(8-6-13)9-15(10-17-2)11-18-12-16;1-2-3-4-5-8(6-9)7-10;1-4(2-5)3-6;1-4(2)3/h12-15H,3-11H2,1-2H3;6-7,9H,2-5,10H2,1H3;2,6H,1,3H2;1H2,2-3H3/b;8-7-,9-6?;;. The van der Waals surface area contributed by atoms with Crippen LogP contribution in [0.5, 0.6) is 0 Å². The number of methoxy groups -OCH3 is 1. The van der Waals surface area contributed by atoms with E-state index in [9.17, 15) is 9.59 Å². The zero-order chi connectivity index (χ0) is 29.6. The Bertz CT molecular complexity index is 622. The zero-order valence-electron chi connectivity index (χ0n) is 25.0. The summed E-state index contributed by atoms with van der Waals surface area (Å²) in [6, 6.07) is 0. The lowest BCUT2D eigenvalue weighted by atomic mass is 9.77. The summed E-state index contributed by atoms with van der Waals surface area (Å²) in [5.41, 5.74) is 7.57. The first kappa shape index (κ1) is 40.2. The molecule has 1 atom stereocenters. The van der Waals surface area contributed by atoms with Crippen molar-refractivity contribution < 1.29 is 24.2 Å². The summed E-state index contributed by atoms with van der Waals surface area (Å²) in [4.78, 5) is 19.7. The van der Waals surface area contributed by atoms with Crippen LogP contribution in [-0.4, -0.2) is 51.0 Å². The van der Waals surface area contributed by atoms with Crippen LogP contribution in [0.3, 0.4) is 0 Å². The molecule has 1 fully saturated rings. The minimum atomic E-state index is -0.233. The maximum absolute atomic E-state index is 10.3. The molecule has 1 saturated carbocycles. The molecule has 222 valence electrons. The van der Waals surface area contributed by atoms with Gasteiger partial charge in [-0.05, 0) is 56.7 Å². The van der Waals surface area contributed by atoms with Crippen LogP contribution in [0.1, 0.15) is 98.3 Å². The minimum absolute atomic E-state index is 0.218. The summed E-state index contributed by atoms with van der Waals surface area (Å²) in [5.74, 6) is 2.12. The van der Waals surface area contributed by atoms with E-state index in [1.807, 2.05) is 13.8 Å². The van der Waals surface area contributed by atoms with Gasteiger partial charge in [0.15, 0.2) is 0 Å². The second kappa shape index (κ2) is 31.0. The molecule has 0 bridgehead atoms. The molecule has 7 nitrogen and oxygen atoms in total. The summed E-state index contributed by atoms with van der Waals surface area (Å²) in [6.07, 6.45) is 17.2. The lowest BCUT2D eigenvalue weighted by molar-refractivity contribution is -0.130. The number of hydrogen-bond donors (Lipinski definition) is 3.